The van der Waals surface area contributed by atoms with Crippen molar-refractivity contribution < 1.29 is 0 Å². The molecule has 2 rings (SSSR count). The van der Waals surface area contributed by atoms with E-state index in [9.17, 15) is 0 Å². The Kier molecular flexibility index (Phi) is 4.00. The van der Waals surface area contributed by atoms with Gasteiger partial charge in [-0.2, -0.15) is 0 Å². The summed E-state index contributed by atoms with van der Waals surface area (Å²) >= 11 is 0. The predicted molar refractivity (Wildman–Crippen MR) is 69.6 cm³/mol. The highest BCUT2D eigenvalue weighted by Crippen LogP contribution is 2.21. The van der Waals surface area contributed by atoms with Crippen molar-refractivity contribution in [2.75, 3.05) is 0 Å². The molecule has 0 amide bonds. The molecule has 1 N–H and O–H groups in total. The summed E-state index contributed by atoms with van der Waals surface area (Å²) in [7, 11) is 0. The number of hydrogen-bond acceptors (Lipinski definition) is 1. The second kappa shape index (κ2) is 5.49. The molecular formula is C15H23N. The summed E-state index contributed by atoms with van der Waals surface area (Å²) in [5.41, 5.74) is 2.75. The summed E-state index contributed by atoms with van der Waals surface area (Å²) in [6, 6.07) is 10.1. The summed E-state index contributed by atoms with van der Waals surface area (Å²) in [6.07, 6.45) is 6.94. The van der Waals surface area contributed by atoms with Crippen LogP contribution in [-0.4, -0.2) is 6.04 Å². The first-order valence-corrected chi connectivity index (χ1v) is 6.58. The van der Waals surface area contributed by atoms with Gasteiger partial charge in [0.05, 0.1) is 0 Å². The molecule has 0 aliphatic heterocycles. The second-order valence-electron chi connectivity index (χ2n) is 5.13. The minimum atomic E-state index is 0.490. The van der Waals surface area contributed by atoms with Crippen LogP contribution >= 0.6 is 0 Å². The lowest BCUT2D eigenvalue weighted by Gasteiger charge is -2.26. The SMILES string of the molecule is Cc1ccc(C(C)NC2CCCCC2)cc1. The molecule has 0 aromatic heterocycles. The van der Waals surface area contributed by atoms with Crippen molar-refractivity contribution in [3.05, 3.63) is 35.4 Å². The molecule has 0 radical (unpaired) electrons. The van der Waals surface area contributed by atoms with Crippen molar-refractivity contribution in [1.29, 1.82) is 0 Å². The molecule has 0 saturated heterocycles. The lowest BCUT2D eigenvalue weighted by Crippen LogP contribution is -2.33. The number of hydrogen-bond donors (Lipinski definition) is 1. The van der Waals surface area contributed by atoms with E-state index in [0.29, 0.717) is 6.04 Å². The van der Waals surface area contributed by atoms with Crippen LogP contribution in [-0.2, 0) is 0 Å². The van der Waals surface area contributed by atoms with Crippen molar-refractivity contribution in [1.82, 2.24) is 5.32 Å². The lowest BCUT2D eigenvalue weighted by molar-refractivity contribution is 0.347. The molecule has 1 fully saturated rings. The van der Waals surface area contributed by atoms with Crippen molar-refractivity contribution in [2.24, 2.45) is 0 Å². The minimum absolute atomic E-state index is 0.490. The van der Waals surface area contributed by atoms with Crippen LogP contribution in [0.5, 0.6) is 0 Å². The average molecular weight is 217 g/mol. The molecule has 1 aromatic carbocycles. The number of rotatable bonds is 3. The van der Waals surface area contributed by atoms with Gasteiger partial charge in [-0.3, -0.25) is 0 Å². The topological polar surface area (TPSA) is 12.0 Å². The Bertz CT molecular complexity index is 309. The molecule has 1 nitrogen and oxygen atoms in total. The number of nitrogens with one attached hydrogen (secondary N) is 1. The Morgan fingerprint density at radius 3 is 2.31 bits per heavy atom. The zero-order chi connectivity index (χ0) is 11.4. The molecule has 1 aromatic rings. The normalized spacial score (nSPS) is 19.6. The maximum absolute atomic E-state index is 3.75. The molecule has 16 heavy (non-hydrogen) atoms. The van der Waals surface area contributed by atoms with Gasteiger partial charge in [-0.1, -0.05) is 49.1 Å². The summed E-state index contributed by atoms with van der Waals surface area (Å²) in [4.78, 5) is 0. The quantitative estimate of drug-likeness (QED) is 0.807. The van der Waals surface area contributed by atoms with Gasteiger partial charge in [0.2, 0.25) is 0 Å². The Morgan fingerprint density at radius 1 is 1.06 bits per heavy atom. The van der Waals surface area contributed by atoms with E-state index in [1.54, 1.807) is 0 Å². The third-order valence-electron chi connectivity index (χ3n) is 3.67. The van der Waals surface area contributed by atoms with Gasteiger partial charge in [0, 0.05) is 12.1 Å². The van der Waals surface area contributed by atoms with E-state index in [1.165, 1.54) is 43.2 Å². The largest absolute Gasteiger partial charge is 0.307 e. The summed E-state index contributed by atoms with van der Waals surface area (Å²) in [5.74, 6) is 0. The Labute approximate surface area is 99.3 Å². The molecule has 1 heteroatoms. The first-order chi connectivity index (χ1) is 7.75. The molecule has 1 atom stereocenters. The van der Waals surface area contributed by atoms with Crippen molar-refractivity contribution in [2.45, 2.75) is 58.0 Å². The van der Waals surface area contributed by atoms with Crippen LogP contribution in [0, 0.1) is 6.92 Å². The van der Waals surface area contributed by atoms with E-state index in [0.717, 1.165) is 6.04 Å². The molecular weight excluding hydrogens is 194 g/mol. The second-order valence-corrected chi connectivity index (χ2v) is 5.13. The highest BCUT2D eigenvalue weighted by atomic mass is 14.9. The first-order valence-electron chi connectivity index (χ1n) is 6.58. The monoisotopic (exact) mass is 217 g/mol. The summed E-state index contributed by atoms with van der Waals surface area (Å²) in [6.45, 7) is 4.42. The molecule has 0 heterocycles. The maximum Gasteiger partial charge on any atom is 0.0294 e. The van der Waals surface area contributed by atoms with Gasteiger partial charge in [-0.15, -0.1) is 0 Å². The van der Waals surface area contributed by atoms with Crippen molar-refractivity contribution >= 4 is 0 Å². The van der Waals surface area contributed by atoms with Crippen LogP contribution in [0.3, 0.4) is 0 Å². The average Bonchev–Trinajstić information content (AvgIpc) is 2.31. The summed E-state index contributed by atoms with van der Waals surface area (Å²) < 4.78 is 0. The molecule has 0 spiro atoms. The van der Waals surface area contributed by atoms with E-state index < -0.39 is 0 Å². The van der Waals surface area contributed by atoms with Crippen molar-refractivity contribution in [3.8, 4) is 0 Å². The Hall–Kier alpha value is -0.820. The zero-order valence-electron chi connectivity index (χ0n) is 10.5. The maximum atomic E-state index is 3.75. The van der Waals surface area contributed by atoms with Gasteiger partial charge in [0.15, 0.2) is 0 Å². The van der Waals surface area contributed by atoms with Crippen LogP contribution in [0.15, 0.2) is 24.3 Å². The van der Waals surface area contributed by atoms with E-state index in [2.05, 4.69) is 43.4 Å². The van der Waals surface area contributed by atoms with Gasteiger partial charge < -0.3 is 5.32 Å². The predicted octanol–water partition coefficient (Wildman–Crippen LogP) is 3.98. The van der Waals surface area contributed by atoms with Gasteiger partial charge >= 0.3 is 0 Å². The van der Waals surface area contributed by atoms with Gasteiger partial charge in [0.1, 0.15) is 0 Å². The Balaban J connectivity index is 1.91. The molecule has 1 aliphatic rings. The van der Waals surface area contributed by atoms with Gasteiger partial charge in [-0.05, 0) is 32.3 Å². The van der Waals surface area contributed by atoms with E-state index in [1.807, 2.05) is 0 Å². The fourth-order valence-corrected chi connectivity index (χ4v) is 2.57. The van der Waals surface area contributed by atoms with E-state index in [-0.39, 0.29) is 0 Å². The van der Waals surface area contributed by atoms with Crippen LogP contribution in [0.25, 0.3) is 0 Å². The van der Waals surface area contributed by atoms with Crippen LogP contribution < -0.4 is 5.32 Å². The highest BCUT2D eigenvalue weighted by molar-refractivity contribution is 5.23. The molecule has 1 saturated carbocycles. The van der Waals surface area contributed by atoms with Gasteiger partial charge in [0.25, 0.3) is 0 Å². The number of aryl methyl sites for hydroxylation is 1. The lowest BCUT2D eigenvalue weighted by atomic mass is 9.94. The van der Waals surface area contributed by atoms with E-state index >= 15 is 0 Å². The van der Waals surface area contributed by atoms with Crippen LogP contribution in [0.1, 0.15) is 56.2 Å². The van der Waals surface area contributed by atoms with Gasteiger partial charge in [-0.25, -0.2) is 0 Å². The smallest absolute Gasteiger partial charge is 0.0294 e. The summed E-state index contributed by atoms with van der Waals surface area (Å²) in [5, 5.41) is 3.75. The molecule has 88 valence electrons. The van der Waals surface area contributed by atoms with Crippen LogP contribution in [0.4, 0.5) is 0 Å². The number of benzene rings is 1. The standard InChI is InChI=1S/C15H23N/c1-12-8-10-14(11-9-12)13(2)16-15-6-4-3-5-7-15/h8-11,13,15-16H,3-7H2,1-2H3. The molecule has 0 bridgehead atoms. The Morgan fingerprint density at radius 2 is 1.69 bits per heavy atom. The fourth-order valence-electron chi connectivity index (χ4n) is 2.57. The van der Waals surface area contributed by atoms with Crippen molar-refractivity contribution in [3.63, 3.8) is 0 Å². The highest BCUT2D eigenvalue weighted by Gasteiger charge is 2.15. The van der Waals surface area contributed by atoms with Crippen LogP contribution in [0.2, 0.25) is 0 Å². The van der Waals surface area contributed by atoms with E-state index in [4.69, 9.17) is 0 Å². The molecule has 1 unspecified atom stereocenters. The third kappa shape index (κ3) is 3.08. The fraction of sp³-hybridized carbons (Fsp3) is 0.600. The molecule has 1 aliphatic carbocycles. The minimum Gasteiger partial charge on any atom is -0.307 e. The third-order valence-corrected chi connectivity index (χ3v) is 3.67. The first kappa shape index (κ1) is 11.7. The zero-order valence-corrected chi connectivity index (χ0v) is 10.5.